The van der Waals surface area contributed by atoms with Crippen LogP contribution < -0.4 is 11.5 Å². The molecule has 0 spiro atoms. The fourth-order valence-corrected chi connectivity index (χ4v) is 0.758. The van der Waals surface area contributed by atoms with Crippen molar-refractivity contribution in [3.05, 3.63) is 0 Å². The maximum absolute atomic E-state index is 10.6. The van der Waals surface area contributed by atoms with Crippen LogP contribution in [0.5, 0.6) is 0 Å². The van der Waals surface area contributed by atoms with E-state index >= 15 is 0 Å². The molecule has 8 heteroatoms. The van der Waals surface area contributed by atoms with Gasteiger partial charge in [0.05, 0.1) is 4.99 Å². The zero-order chi connectivity index (χ0) is 15.3. The van der Waals surface area contributed by atoms with Gasteiger partial charge in [0.15, 0.2) is 5.78 Å². The van der Waals surface area contributed by atoms with E-state index in [0.29, 0.717) is 4.99 Å². The molecule has 0 heterocycles. The summed E-state index contributed by atoms with van der Waals surface area (Å²) in [6, 6.07) is 0. The van der Waals surface area contributed by atoms with Gasteiger partial charge in [-0.15, -0.1) is 0 Å². The minimum Gasteiger partial charge on any atom is -0.394 e. The Morgan fingerprint density at radius 2 is 1.44 bits per heavy atom. The largest absolute Gasteiger partial charge is 0.394 e. The average Bonchev–Trinajstić information content (AvgIpc) is 2.17. The zero-order valence-electron chi connectivity index (χ0n) is 11.4. The second kappa shape index (κ2) is 14.3. The van der Waals surface area contributed by atoms with Crippen LogP contribution in [0.3, 0.4) is 0 Å². The van der Waals surface area contributed by atoms with E-state index in [1.165, 1.54) is 18.7 Å². The highest BCUT2D eigenvalue weighted by Crippen LogP contribution is 2.02. The fourth-order valence-electron chi connectivity index (χ4n) is 0.253. The van der Waals surface area contributed by atoms with Gasteiger partial charge in [-0.1, -0.05) is 43.1 Å². The molecule has 0 aliphatic heterocycles. The third kappa shape index (κ3) is 29.5. The van der Waals surface area contributed by atoms with E-state index in [1.54, 1.807) is 25.9 Å². The van der Waals surface area contributed by atoms with Crippen molar-refractivity contribution in [3.8, 4) is 0 Å². The molecule has 0 unspecified atom stereocenters. The van der Waals surface area contributed by atoms with Crippen molar-refractivity contribution in [1.29, 1.82) is 0 Å². The summed E-state index contributed by atoms with van der Waals surface area (Å²) in [5.74, 6) is 0.627. The van der Waals surface area contributed by atoms with Gasteiger partial charge in [-0.25, -0.2) is 0 Å². The second-order valence-corrected chi connectivity index (χ2v) is 5.42. The number of thioether (sulfide) groups is 1. The summed E-state index contributed by atoms with van der Waals surface area (Å²) in [6.07, 6.45) is 0. The minimum absolute atomic E-state index is 0.0463. The Kier molecular flexibility index (Phi) is 17.9. The number of carbonyl (C=O) groups is 2. The molecular weight excluding hydrogens is 290 g/mol. The first-order valence-corrected chi connectivity index (χ1v) is 6.76. The Hall–Kier alpha value is -0.730. The van der Waals surface area contributed by atoms with Crippen LogP contribution in [0.4, 0.5) is 4.79 Å². The summed E-state index contributed by atoms with van der Waals surface area (Å²) < 4.78 is 0. The molecule has 0 aromatic heterocycles. The van der Waals surface area contributed by atoms with Crippen LogP contribution in [0.2, 0.25) is 0 Å². The summed E-state index contributed by atoms with van der Waals surface area (Å²) >= 11 is 9.89. The molecule has 0 bridgehead atoms. The quantitative estimate of drug-likeness (QED) is 0.748. The highest BCUT2D eigenvalue weighted by molar-refractivity contribution is 8.13. The number of Topliss-reactive ketones (excluding diaryl/α,β-unsaturated/α-hetero) is 1. The molecule has 0 aliphatic carbocycles. The number of carbonyl (C=O) groups excluding carboxylic acids is 2. The predicted octanol–water partition coefficient (Wildman–Crippen LogP) is 1.58. The SMILES string of the molecule is CC(=O)C(N)=S.CC(N)=S.CCSC(=O)N(C)C. The molecule has 0 saturated carbocycles. The molecule has 0 atom stereocenters. The van der Waals surface area contributed by atoms with Crippen LogP contribution >= 0.6 is 36.2 Å². The number of nitrogens with two attached hydrogens (primary N) is 2. The van der Waals surface area contributed by atoms with E-state index < -0.39 is 0 Å². The molecule has 0 radical (unpaired) electrons. The van der Waals surface area contributed by atoms with Gasteiger partial charge >= 0.3 is 0 Å². The van der Waals surface area contributed by atoms with Crippen molar-refractivity contribution in [2.24, 2.45) is 11.5 Å². The van der Waals surface area contributed by atoms with Gasteiger partial charge in [0.25, 0.3) is 5.24 Å². The fraction of sp³-hybridized carbons (Fsp3) is 0.600. The molecule has 0 aromatic rings. The number of ketones is 1. The van der Waals surface area contributed by atoms with Crippen molar-refractivity contribution in [3.63, 3.8) is 0 Å². The summed E-state index contributed by atoms with van der Waals surface area (Å²) in [4.78, 5) is 22.5. The minimum atomic E-state index is -0.231. The van der Waals surface area contributed by atoms with E-state index in [0.717, 1.165) is 5.75 Å². The smallest absolute Gasteiger partial charge is 0.281 e. The average molecular weight is 311 g/mol. The maximum Gasteiger partial charge on any atom is 0.281 e. The third-order valence-corrected chi connectivity index (χ3v) is 2.17. The molecule has 0 aromatic carbocycles. The lowest BCUT2D eigenvalue weighted by molar-refractivity contribution is -0.110. The van der Waals surface area contributed by atoms with E-state index in [2.05, 4.69) is 24.4 Å². The summed E-state index contributed by atoms with van der Waals surface area (Å²) in [7, 11) is 3.51. The lowest BCUT2D eigenvalue weighted by atomic mass is 10.5. The summed E-state index contributed by atoms with van der Waals surface area (Å²) in [5.41, 5.74) is 9.66. The van der Waals surface area contributed by atoms with Crippen molar-refractivity contribution in [2.45, 2.75) is 20.8 Å². The highest BCUT2D eigenvalue weighted by atomic mass is 32.2. The molecule has 18 heavy (non-hydrogen) atoms. The highest BCUT2D eigenvalue weighted by Gasteiger charge is 1.99. The summed E-state index contributed by atoms with van der Waals surface area (Å²) in [6.45, 7) is 4.98. The third-order valence-electron chi connectivity index (χ3n) is 0.980. The maximum atomic E-state index is 10.6. The van der Waals surface area contributed by atoms with Gasteiger partial charge in [0, 0.05) is 21.0 Å². The number of hydrogen-bond acceptors (Lipinski definition) is 5. The second-order valence-electron chi connectivity index (χ2n) is 3.12. The number of amides is 1. The molecule has 0 rings (SSSR count). The topological polar surface area (TPSA) is 89.4 Å². The zero-order valence-corrected chi connectivity index (χ0v) is 13.8. The van der Waals surface area contributed by atoms with Gasteiger partial charge < -0.3 is 16.4 Å². The molecule has 4 N–H and O–H groups in total. The number of thiocarbonyl (C=S) groups is 2. The first kappa shape index (κ1) is 22.5. The lowest BCUT2D eigenvalue weighted by Crippen LogP contribution is -2.16. The van der Waals surface area contributed by atoms with E-state index in [4.69, 9.17) is 11.5 Å². The molecule has 0 fully saturated rings. The van der Waals surface area contributed by atoms with Gasteiger partial charge in [0.2, 0.25) is 0 Å². The van der Waals surface area contributed by atoms with Crippen molar-refractivity contribution in [2.75, 3.05) is 19.8 Å². The van der Waals surface area contributed by atoms with Crippen molar-refractivity contribution >= 4 is 57.2 Å². The van der Waals surface area contributed by atoms with Crippen LogP contribution in [0.25, 0.3) is 0 Å². The van der Waals surface area contributed by atoms with Gasteiger partial charge in [-0.05, 0) is 12.7 Å². The predicted molar refractivity (Wildman–Crippen MR) is 87.1 cm³/mol. The normalized spacial score (nSPS) is 7.83. The molecular formula is C10H21N3O2S3. The van der Waals surface area contributed by atoms with E-state index in [-0.39, 0.29) is 16.0 Å². The van der Waals surface area contributed by atoms with Crippen LogP contribution in [-0.4, -0.2) is 45.7 Å². The number of nitrogens with zero attached hydrogens (tertiary/aromatic N) is 1. The standard InChI is InChI=1S/C5H11NOS.C3H5NOS.C2H5NS/c1-4-8-5(7)6(2)3;1-2(5)3(4)6;1-2(3)4/h4H2,1-3H3;1H3,(H2,4,6);1H3,(H2,3,4). The van der Waals surface area contributed by atoms with Gasteiger partial charge in [-0.3, -0.25) is 9.59 Å². The van der Waals surface area contributed by atoms with Crippen LogP contribution in [0.1, 0.15) is 20.8 Å². The monoisotopic (exact) mass is 311 g/mol. The van der Waals surface area contributed by atoms with Crippen LogP contribution in [0.15, 0.2) is 0 Å². The first-order chi connectivity index (χ1) is 8.06. The molecule has 0 saturated heterocycles. The van der Waals surface area contributed by atoms with Crippen LogP contribution in [0, 0.1) is 0 Å². The Balaban J connectivity index is -0.000000200. The lowest BCUT2D eigenvalue weighted by Gasteiger charge is -2.06. The van der Waals surface area contributed by atoms with Crippen LogP contribution in [-0.2, 0) is 4.79 Å². The number of rotatable bonds is 2. The first-order valence-electron chi connectivity index (χ1n) is 4.96. The Morgan fingerprint density at radius 3 is 1.50 bits per heavy atom. The Bertz CT molecular complexity index is 278. The van der Waals surface area contributed by atoms with Crippen molar-refractivity contribution < 1.29 is 9.59 Å². The molecule has 106 valence electrons. The van der Waals surface area contributed by atoms with Gasteiger partial charge in [0.1, 0.15) is 4.99 Å². The van der Waals surface area contributed by atoms with E-state index in [9.17, 15) is 9.59 Å². The number of hydrogen-bond donors (Lipinski definition) is 2. The van der Waals surface area contributed by atoms with Crippen molar-refractivity contribution in [1.82, 2.24) is 4.90 Å². The molecule has 1 amide bonds. The van der Waals surface area contributed by atoms with Gasteiger partial charge in [-0.2, -0.15) is 0 Å². The Morgan fingerprint density at radius 1 is 1.17 bits per heavy atom. The Labute approximate surface area is 124 Å². The molecule has 5 nitrogen and oxygen atoms in total. The van der Waals surface area contributed by atoms with E-state index in [1.807, 2.05) is 6.92 Å². The molecule has 0 aliphatic rings. The summed E-state index contributed by atoms with van der Waals surface area (Å²) in [5, 5.41) is 0.132.